The number of nitrogens with zero attached hydrogens (tertiary/aromatic N) is 1. The van der Waals surface area contributed by atoms with Crippen LogP contribution in [0.3, 0.4) is 0 Å². The molecule has 0 spiro atoms. The maximum absolute atomic E-state index is 5.68. The normalized spacial score (nSPS) is 33.0. The van der Waals surface area contributed by atoms with Crippen molar-refractivity contribution in [1.82, 2.24) is 10.6 Å². The van der Waals surface area contributed by atoms with E-state index >= 15 is 0 Å². The molecule has 2 aliphatic rings. The number of hydrogen-bond acceptors (Lipinski definition) is 2. The Morgan fingerprint density at radius 2 is 1.90 bits per heavy atom. The van der Waals surface area contributed by atoms with Gasteiger partial charge in [-0.15, -0.1) is 0 Å². The van der Waals surface area contributed by atoms with E-state index in [-0.39, 0.29) is 11.0 Å². The zero-order valence-corrected chi connectivity index (χ0v) is 13.5. The first kappa shape index (κ1) is 15.4. The molecule has 1 fully saturated rings. The van der Waals surface area contributed by atoms with Crippen LogP contribution in [0, 0.1) is 5.41 Å². The highest BCUT2D eigenvalue weighted by Crippen LogP contribution is 2.51. The van der Waals surface area contributed by atoms with Crippen LogP contribution in [0.25, 0.3) is 0 Å². The van der Waals surface area contributed by atoms with Gasteiger partial charge in [-0.1, -0.05) is 26.0 Å². The van der Waals surface area contributed by atoms with Gasteiger partial charge in [-0.25, -0.2) is 0 Å². The molecule has 0 aromatic rings. The minimum atomic E-state index is -0.0447. The molecule has 0 bridgehead atoms. The van der Waals surface area contributed by atoms with E-state index in [0.717, 1.165) is 31.8 Å². The van der Waals surface area contributed by atoms with E-state index in [0.29, 0.717) is 12.1 Å². The molecule has 0 aliphatic heterocycles. The van der Waals surface area contributed by atoms with Crippen LogP contribution in [0.1, 0.15) is 47.0 Å². The SMILES string of the molecule is CCN=C(NC1CC=CC1)NC1CC(C)(OC)C1(C)C. The van der Waals surface area contributed by atoms with E-state index < -0.39 is 0 Å². The molecule has 2 unspecified atom stereocenters. The van der Waals surface area contributed by atoms with Gasteiger partial charge in [0.25, 0.3) is 0 Å². The van der Waals surface area contributed by atoms with Gasteiger partial charge in [0.05, 0.1) is 5.60 Å². The Hall–Kier alpha value is -1.03. The summed E-state index contributed by atoms with van der Waals surface area (Å²) in [7, 11) is 1.81. The van der Waals surface area contributed by atoms with E-state index in [1.54, 1.807) is 0 Å². The van der Waals surface area contributed by atoms with E-state index in [1.807, 2.05) is 7.11 Å². The second-order valence-electron chi connectivity index (χ2n) is 6.66. The van der Waals surface area contributed by atoms with Crippen LogP contribution >= 0.6 is 0 Å². The lowest BCUT2D eigenvalue weighted by Gasteiger charge is -2.59. The molecule has 2 atom stereocenters. The van der Waals surface area contributed by atoms with Gasteiger partial charge in [-0.3, -0.25) is 4.99 Å². The lowest BCUT2D eigenvalue weighted by molar-refractivity contribution is -0.176. The van der Waals surface area contributed by atoms with Crippen molar-refractivity contribution in [2.24, 2.45) is 10.4 Å². The molecule has 20 heavy (non-hydrogen) atoms. The van der Waals surface area contributed by atoms with Crippen LogP contribution in [0.5, 0.6) is 0 Å². The summed E-state index contributed by atoms with van der Waals surface area (Å²) in [5.41, 5.74) is 0.0583. The Labute approximate surface area is 123 Å². The maximum atomic E-state index is 5.68. The summed E-state index contributed by atoms with van der Waals surface area (Å²) in [4.78, 5) is 4.57. The van der Waals surface area contributed by atoms with Crippen molar-refractivity contribution < 1.29 is 4.74 Å². The zero-order valence-electron chi connectivity index (χ0n) is 13.5. The lowest BCUT2D eigenvalue weighted by atomic mass is 9.56. The van der Waals surface area contributed by atoms with Gasteiger partial charge in [-0.2, -0.15) is 0 Å². The fraction of sp³-hybridized carbons (Fsp3) is 0.812. The number of rotatable bonds is 4. The summed E-state index contributed by atoms with van der Waals surface area (Å²) >= 11 is 0. The molecule has 1 saturated carbocycles. The highest BCUT2D eigenvalue weighted by atomic mass is 16.5. The third-order valence-corrected chi connectivity index (χ3v) is 5.25. The van der Waals surface area contributed by atoms with Crippen LogP contribution < -0.4 is 10.6 Å². The van der Waals surface area contributed by atoms with Crippen LogP contribution in [-0.2, 0) is 4.74 Å². The average Bonchev–Trinajstić information content (AvgIpc) is 2.91. The minimum absolute atomic E-state index is 0.0447. The highest BCUT2D eigenvalue weighted by molar-refractivity contribution is 5.80. The van der Waals surface area contributed by atoms with E-state index in [1.165, 1.54) is 0 Å². The average molecular weight is 279 g/mol. The van der Waals surface area contributed by atoms with Crippen molar-refractivity contribution in [2.75, 3.05) is 13.7 Å². The van der Waals surface area contributed by atoms with Gasteiger partial charge < -0.3 is 15.4 Å². The molecule has 114 valence electrons. The molecule has 4 nitrogen and oxygen atoms in total. The molecule has 0 heterocycles. The second-order valence-corrected chi connectivity index (χ2v) is 6.66. The maximum Gasteiger partial charge on any atom is 0.191 e. The molecule has 2 aliphatic carbocycles. The second kappa shape index (κ2) is 5.76. The van der Waals surface area contributed by atoms with Crippen molar-refractivity contribution in [3.63, 3.8) is 0 Å². The van der Waals surface area contributed by atoms with Gasteiger partial charge in [0.2, 0.25) is 0 Å². The number of aliphatic imine (C=N–C) groups is 1. The number of guanidine groups is 1. The third-order valence-electron chi connectivity index (χ3n) is 5.25. The van der Waals surface area contributed by atoms with Gasteiger partial charge >= 0.3 is 0 Å². The van der Waals surface area contributed by atoms with Gasteiger partial charge in [0.15, 0.2) is 5.96 Å². The molecule has 0 aromatic carbocycles. The monoisotopic (exact) mass is 279 g/mol. The van der Waals surface area contributed by atoms with Crippen molar-refractivity contribution in [3.8, 4) is 0 Å². The Kier molecular flexibility index (Phi) is 4.43. The largest absolute Gasteiger partial charge is 0.378 e. The Morgan fingerprint density at radius 1 is 1.25 bits per heavy atom. The lowest BCUT2D eigenvalue weighted by Crippen LogP contribution is -2.69. The van der Waals surface area contributed by atoms with Crippen LogP contribution in [0.15, 0.2) is 17.1 Å². The third kappa shape index (κ3) is 2.71. The van der Waals surface area contributed by atoms with Gasteiger partial charge in [-0.05, 0) is 33.1 Å². The fourth-order valence-electron chi connectivity index (χ4n) is 3.11. The van der Waals surface area contributed by atoms with Crippen LogP contribution in [-0.4, -0.2) is 37.3 Å². The van der Waals surface area contributed by atoms with E-state index in [2.05, 4.69) is 55.5 Å². The summed E-state index contributed by atoms with van der Waals surface area (Å²) in [6.07, 6.45) is 7.67. The minimum Gasteiger partial charge on any atom is -0.378 e. The molecule has 0 saturated heterocycles. The van der Waals surface area contributed by atoms with Gasteiger partial charge in [0, 0.05) is 31.2 Å². The topological polar surface area (TPSA) is 45.7 Å². The number of nitrogens with one attached hydrogen (secondary N) is 2. The first-order valence-corrected chi connectivity index (χ1v) is 7.70. The summed E-state index contributed by atoms with van der Waals surface area (Å²) < 4.78 is 5.68. The van der Waals surface area contributed by atoms with Crippen molar-refractivity contribution in [1.29, 1.82) is 0 Å². The molecule has 0 amide bonds. The summed E-state index contributed by atoms with van der Waals surface area (Å²) in [6, 6.07) is 0.893. The van der Waals surface area contributed by atoms with Crippen molar-refractivity contribution in [3.05, 3.63) is 12.2 Å². The summed E-state index contributed by atoms with van der Waals surface area (Å²) in [6.45, 7) is 9.58. The number of methoxy groups -OCH3 is 1. The first-order chi connectivity index (χ1) is 9.43. The first-order valence-electron chi connectivity index (χ1n) is 7.70. The molecular formula is C16H29N3O. The summed E-state index contributed by atoms with van der Waals surface area (Å²) in [5.74, 6) is 0.942. The Morgan fingerprint density at radius 3 is 2.40 bits per heavy atom. The smallest absolute Gasteiger partial charge is 0.191 e. The van der Waals surface area contributed by atoms with Crippen LogP contribution in [0.4, 0.5) is 0 Å². The zero-order chi connectivity index (χ0) is 14.8. The van der Waals surface area contributed by atoms with E-state index in [9.17, 15) is 0 Å². The van der Waals surface area contributed by atoms with Crippen molar-refractivity contribution in [2.45, 2.75) is 64.6 Å². The predicted molar refractivity (Wildman–Crippen MR) is 84.0 cm³/mol. The van der Waals surface area contributed by atoms with Crippen LogP contribution in [0.2, 0.25) is 0 Å². The summed E-state index contributed by atoms with van der Waals surface area (Å²) in [5, 5.41) is 7.13. The molecular weight excluding hydrogens is 250 g/mol. The quantitative estimate of drug-likeness (QED) is 0.472. The number of hydrogen-bond donors (Lipinski definition) is 2. The molecule has 2 rings (SSSR count). The highest BCUT2D eigenvalue weighted by Gasteiger charge is 2.58. The van der Waals surface area contributed by atoms with Gasteiger partial charge in [0.1, 0.15) is 0 Å². The Balaban J connectivity index is 1.94. The molecule has 0 radical (unpaired) electrons. The van der Waals surface area contributed by atoms with Crippen molar-refractivity contribution >= 4 is 5.96 Å². The predicted octanol–water partition coefficient (Wildman–Crippen LogP) is 2.46. The standard InChI is InChI=1S/C16H29N3O/c1-6-17-14(18-12-9-7-8-10-12)19-13-11-16(4,20-5)15(13,2)3/h7-8,12-13H,6,9-11H2,1-5H3,(H2,17,18,19). The molecule has 4 heteroatoms. The molecule has 0 aromatic heterocycles. The number of ether oxygens (including phenoxy) is 1. The van der Waals surface area contributed by atoms with E-state index in [4.69, 9.17) is 4.74 Å². The Bertz CT molecular complexity index is 395. The fourth-order valence-corrected chi connectivity index (χ4v) is 3.11. The molecule has 2 N–H and O–H groups in total.